The van der Waals surface area contributed by atoms with Gasteiger partial charge in [-0.1, -0.05) is 40.9 Å². The van der Waals surface area contributed by atoms with E-state index in [-0.39, 0.29) is 16.1 Å². The molecule has 0 radical (unpaired) electrons. The number of benzene rings is 3. The number of carbonyl (C=O) groups is 3. The van der Waals surface area contributed by atoms with Gasteiger partial charge in [-0.05, 0) is 61.0 Å². The maximum atomic E-state index is 12.8. The summed E-state index contributed by atoms with van der Waals surface area (Å²) in [6, 6.07) is 13.9. The quantitative estimate of drug-likeness (QED) is 0.431. The highest BCUT2D eigenvalue weighted by Gasteiger charge is 2.38. The number of anilines is 3. The molecule has 0 saturated heterocycles. The van der Waals surface area contributed by atoms with Gasteiger partial charge in [0.1, 0.15) is 0 Å². The van der Waals surface area contributed by atoms with Crippen LogP contribution in [0, 0.1) is 6.92 Å². The summed E-state index contributed by atoms with van der Waals surface area (Å²) in [7, 11) is 0. The summed E-state index contributed by atoms with van der Waals surface area (Å²) in [4.78, 5) is 39.0. The molecular formula is C22H14Cl3N3O3. The second-order valence-corrected chi connectivity index (χ2v) is 8.04. The Labute approximate surface area is 192 Å². The standard InChI is InChI=1S/C22H14Cl3N3O3/c1-11-9-12(26-22(31)27-13-5-7-15(23)17(25)10-13)6-8-18(11)28-20(29)14-3-2-4-16(24)19(14)21(28)30/h2-10H,1H3,(H2,26,27,31). The van der Waals surface area contributed by atoms with E-state index in [1.807, 2.05) is 0 Å². The van der Waals surface area contributed by atoms with E-state index in [9.17, 15) is 14.4 Å². The lowest BCUT2D eigenvalue weighted by atomic mass is 10.1. The number of nitrogens with zero attached hydrogens (tertiary/aromatic N) is 1. The van der Waals surface area contributed by atoms with Crippen molar-refractivity contribution in [2.45, 2.75) is 6.92 Å². The summed E-state index contributed by atoms with van der Waals surface area (Å²) in [5.74, 6) is -0.921. The highest BCUT2D eigenvalue weighted by molar-refractivity contribution is 6.42. The maximum absolute atomic E-state index is 12.8. The molecule has 2 N–H and O–H groups in total. The van der Waals surface area contributed by atoms with Crippen molar-refractivity contribution in [3.63, 3.8) is 0 Å². The third-order valence-corrected chi connectivity index (χ3v) is 5.79. The topological polar surface area (TPSA) is 78.5 Å². The molecule has 4 amide bonds. The normalized spacial score (nSPS) is 12.7. The van der Waals surface area contributed by atoms with Crippen molar-refractivity contribution >= 4 is 69.7 Å². The van der Waals surface area contributed by atoms with Gasteiger partial charge in [0.05, 0.1) is 31.9 Å². The zero-order chi connectivity index (χ0) is 22.3. The Morgan fingerprint density at radius 3 is 2.13 bits per heavy atom. The summed E-state index contributed by atoms with van der Waals surface area (Å²) in [5.41, 5.74) is 2.45. The van der Waals surface area contributed by atoms with Gasteiger partial charge in [0, 0.05) is 11.4 Å². The molecule has 0 atom stereocenters. The number of imide groups is 1. The third kappa shape index (κ3) is 3.97. The number of fused-ring (bicyclic) bond motifs is 1. The Morgan fingerprint density at radius 2 is 1.48 bits per heavy atom. The highest BCUT2D eigenvalue weighted by atomic mass is 35.5. The molecule has 0 aromatic heterocycles. The number of amides is 4. The average molecular weight is 475 g/mol. The molecule has 1 aliphatic rings. The molecule has 156 valence electrons. The fourth-order valence-corrected chi connectivity index (χ4v) is 3.87. The van der Waals surface area contributed by atoms with E-state index in [2.05, 4.69) is 10.6 Å². The molecule has 0 spiro atoms. The van der Waals surface area contributed by atoms with Gasteiger partial charge in [-0.3, -0.25) is 9.59 Å². The van der Waals surface area contributed by atoms with Gasteiger partial charge in [0.25, 0.3) is 11.8 Å². The van der Waals surface area contributed by atoms with E-state index in [4.69, 9.17) is 34.8 Å². The van der Waals surface area contributed by atoms with Crippen LogP contribution in [0.3, 0.4) is 0 Å². The number of hydrogen-bond acceptors (Lipinski definition) is 3. The van der Waals surface area contributed by atoms with Crippen molar-refractivity contribution in [2.75, 3.05) is 15.5 Å². The largest absolute Gasteiger partial charge is 0.323 e. The Bertz CT molecular complexity index is 1260. The molecule has 6 nitrogen and oxygen atoms in total. The molecule has 3 aromatic carbocycles. The van der Waals surface area contributed by atoms with Crippen LogP contribution in [0.5, 0.6) is 0 Å². The van der Waals surface area contributed by atoms with Crippen LogP contribution in [0.4, 0.5) is 21.9 Å². The van der Waals surface area contributed by atoms with Gasteiger partial charge in [-0.25, -0.2) is 9.69 Å². The first-order chi connectivity index (χ1) is 14.8. The van der Waals surface area contributed by atoms with Crippen LogP contribution >= 0.6 is 34.8 Å². The number of carbonyl (C=O) groups excluding carboxylic acids is 3. The predicted octanol–water partition coefficient (Wildman–Crippen LogP) is 6.40. The Balaban J connectivity index is 1.53. The van der Waals surface area contributed by atoms with Crippen molar-refractivity contribution in [1.82, 2.24) is 0 Å². The second-order valence-electron chi connectivity index (χ2n) is 6.82. The van der Waals surface area contributed by atoms with Crippen LogP contribution in [0.15, 0.2) is 54.6 Å². The first kappa shape index (κ1) is 21.2. The minimum atomic E-state index is -0.488. The molecule has 4 rings (SSSR count). The first-order valence-electron chi connectivity index (χ1n) is 9.07. The van der Waals surface area contributed by atoms with Crippen LogP contribution in [0.2, 0.25) is 15.1 Å². The molecular weight excluding hydrogens is 461 g/mol. The lowest BCUT2D eigenvalue weighted by Crippen LogP contribution is -2.30. The van der Waals surface area contributed by atoms with Crippen molar-refractivity contribution in [3.8, 4) is 0 Å². The monoisotopic (exact) mass is 473 g/mol. The van der Waals surface area contributed by atoms with Crippen LogP contribution < -0.4 is 15.5 Å². The van der Waals surface area contributed by atoms with E-state index in [1.54, 1.807) is 55.5 Å². The summed E-state index contributed by atoms with van der Waals surface area (Å²) in [6.45, 7) is 1.74. The van der Waals surface area contributed by atoms with E-state index < -0.39 is 17.8 Å². The van der Waals surface area contributed by atoms with Crippen LogP contribution in [0.25, 0.3) is 0 Å². The second kappa shape index (κ2) is 8.23. The fraction of sp³-hybridized carbons (Fsp3) is 0.0455. The Kier molecular flexibility index (Phi) is 5.62. The fourth-order valence-electron chi connectivity index (χ4n) is 3.31. The number of halogens is 3. The van der Waals surface area contributed by atoms with Gasteiger partial charge in [-0.15, -0.1) is 0 Å². The van der Waals surface area contributed by atoms with Crippen molar-refractivity contribution in [2.24, 2.45) is 0 Å². The van der Waals surface area contributed by atoms with Gasteiger partial charge in [0.15, 0.2) is 0 Å². The number of nitrogens with one attached hydrogen (secondary N) is 2. The Hall–Kier alpha value is -3.06. The SMILES string of the molecule is Cc1cc(NC(=O)Nc2ccc(Cl)c(Cl)c2)ccc1N1C(=O)c2cccc(Cl)c2C1=O. The summed E-state index contributed by atoms with van der Waals surface area (Å²) in [5, 5.41) is 6.28. The van der Waals surface area contributed by atoms with E-state index >= 15 is 0 Å². The van der Waals surface area contributed by atoms with Crippen molar-refractivity contribution in [1.29, 1.82) is 0 Å². The lowest BCUT2D eigenvalue weighted by molar-refractivity contribution is 0.0926. The van der Waals surface area contributed by atoms with Crippen LogP contribution in [-0.4, -0.2) is 17.8 Å². The van der Waals surface area contributed by atoms with E-state index in [1.165, 1.54) is 6.07 Å². The maximum Gasteiger partial charge on any atom is 0.323 e. The van der Waals surface area contributed by atoms with Gasteiger partial charge >= 0.3 is 6.03 Å². The van der Waals surface area contributed by atoms with Gasteiger partial charge in [0.2, 0.25) is 0 Å². The molecule has 9 heteroatoms. The molecule has 1 heterocycles. The van der Waals surface area contributed by atoms with Crippen LogP contribution in [0.1, 0.15) is 26.3 Å². The van der Waals surface area contributed by atoms with Gasteiger partial charge < -0.3 is 10.6 Å². The molecule has 0 aliphatic carbocycles. The molecule has 1 aliphatic heterocycles. The summed E-state index contributed by atoms with van der Waals surface area (Å²) < 4.78 is 0. The van der Waals surface area contributed by atoms with E-state index in [0.717, 1.165) is 4.90 Å². The van der Waals surface area contributed by atoms with E-state index in [0.29, 0.717) is 32.7 Å². The molecule has 0 unspecified atom stereocenters. The first-order valence-corrected chi connectivity index (χ1v) is 10.2. The summed E-state index contributed by atoms with van der Waals surface area (Å²) >= 11 is 17.9. The minimum absolute atomic E-state index is 0.191. The zero-order valence-electron chi connectivity index (χ0n) is 16.0. The Morgan fingerprint density at radius 1 is 0.806 bits per heavy atom. The molecule has 0 bridgehead atoms. The number of aryl methyl sites for hydroxylation is 1. The third-order valence-electron chi connectivity index (χ3n) is 4.74. The number of hydrogen-bond donors (Lipinski definition) is 2. The lowest BCUT2D eigenvalue weighted by Gasteiger charge is -2.18. The summed E-state index contributed by atoms with van der Waals surface area (Å²) in [6.07, 6.45) is 0. The molecule has 0 saturated carbocycles. The predicted molar refractivity (Wildman–Crippen MR) is 123 cm³/mol. The molecule has 3 aromatic rings. The van der Waals surface area contributed by atoms with Gasteiger partial charge in [-0.2, -0.15) is 0 Å². The van der Waals surface area contributed by atoms with Crippen molar-refractivity contribution < 1.29 is 14.4 Å². The molecule has 31 heavy (non-hydrogen) atoms. The highest BCUT2D eigenvalue weighted by Crippen LogP contribution is 2.35. The van der Waals surface area contributed by atoms with Crippen molar-refractivity contribution in [3.05, 3.63) is 86.4 Å². The zero-order valence-corrected chi connectivity index (χ0v) is 18.3. The smallest absolute Gasteiger partial charge is 0.308 e. The average Bonchev–Trinajstić information content (AvgIpc) is 2.97. The molecule has 0 fully saturated rings. The minimum Gasteiger partial charge on any atom is -0.308 e. The van der Waals surface area contributed by atoms with Crippen LogP contribution in [-0.2, 0) is 0 Å². The number of rotatable bonds is 3. The number of urea groups is 1.